The molecule has 1 aliphatic carbocycles. The number of hydrogen-bond donors (Lipinski definition) is 1. The summed E-state index contributed by atoms with van der Waals surface area (Å²) in [5, 5.41) is 3.74. The lowest BCUT2D eigenvalue weighted by Crippen LogP contribution is -2.45. The summed E-state index contributed by atoms with van der Waals surface area (Å²) in [6.07, 6.45) is 5.40. The van der Waals surface area contributed by atoms with Gasteiger partial charge in [0, 0.05) is 25.8 Å². The lowest BCUT2D eigenvalue weighted by molar-refractivity contribution is 0.00584. The van der Waals surface area contributed by atoms with E-state index in [1.807, 2.05) is 0 Å². The van der Waals surface area contributed by atoms with Gasteiger partial charge in [0.2, 0.25) is 0 Å². The second kappa shape index (κ2) is 5.25. The minimum absolute atomic E-state index is 0.0407. The van der Waals surface area contributed by atoms with E-state index in [1.165, 1.54) is 19.3 Å². The van der Waals surface area contributed by atoms with Gasteiger partial charge in [0.25, 0.3) is 0 Å². The lowest BCUT2D eigenvalue weighted by atomic mass is 9.97. The third kappa shape index (κ3) is 3.67. The number of hydrogen-bond acceptors (Lipinski definition) is 3. The van der Waals surface area contributed by atoms with Gasteiger partial charge in [0.1, 0.15) is 0 Å². The van der Waals surface area contributed by atoms with E-state index in [0.29, 0.717) is 18.2 Å². The maximum absolute atomic E-state index is 5.85. The van der Waals surface area contributed by atoms with E-state index < -0.39 is 0 Å². The van der Waals surface area contributed by atoms with E-state index in [9.17, 15) is 0 Å². The zero-order chi connectivity index (χ0) is 12.5. The number of ether oxygens (including phenoxy) is 2. The third-order valence-corrected chi connectivity index (χ3v) is 4.07. The van der Waals surface area contributed by atoms with Crippen molar-refractivity contribution in [2.45, 2.75) is 70.2 Å². The van der Waals surface area contributed by atoms with Crippen LogP contribution in [0.25, 0.3) is 0 Å². The fourth-order valence-electron chi connectivity index (χ4n) is 2.92. The Labute approximate surface area is 105 Å². The van der Waals surface area contributed by atoms with E-state index in [2.05, 4.69) is 26.1 Å². The van der Waals surface area contributed by atoms with Crippen LogP contribution in [0.4, 0.5) is 0 Å². The van der Waals surface area contributed by atoms with Crippen molar-refractivity contribution in [1.29, 1.82) is 0 Å². The van der Waals surface area contributed by atoms with Gasteiger partial charge in [0.05, 0.1) is 11.7 Å². The van der Waals surface area contributed by atoms with Crippen LogP contribution in [0.1, 0.15) is 46.5 Å². The van der Waals surface area contributed by atoms with Crippen molar-refractivity contribution < 1.29 is 9.47 Å². The van der Waals surface area contributed by atoms with E-state index in [0.717, 1.165) is 18.9 Å². The summed E-state index contributed by atoms with van der Waals surface area (Å²) in [4.78, 5) is 0. The molecular formula is C14H27NO2. The summed E-state index contributed by atoms with van der Waals surface area (Å²) in [6, 6.07) is 1.04. The minimum atomic E-state index is -0.0407. The first-order valence-electron chi connectivity index (χ1n) is 6.94. The van der Waals surface area contributed by atoms with Gasteiger partial charge >= 0.3 is 0 Å². The lowest BCUT2D eigenvalue weighted by Gasteiger charge is -2.30. The molecule has 1 saturated heterocycles. The Morgan fingerprint density at radius 3 is 2.65 bits per heavy atom. The highest BCUT2D eigenvalue weighted by Gasteiger charge is 2.41. The van der Waals surface area contributed by atoms with Crippen molar-refractivity contribution in [2.75, 3.05) is 13.7 Å². The molecule has 0 spiro atoms. The molecule has 1 saturated carbocycles. The van der Waals surface area contributed by atoms with E-state index >= 15 is 0 Å². The maximum Gasteiger partial charge on any atom is 0.0757 e. The van der Waals surface area contributed by atoms with Crippen LogP contribution in [0.15, 0.2) is 0 Å². The highest BCUT2D eigenvalue weighted by Crippen LogP contribution is 2.39. The molecule has 0 radical (unpaired) electrons. The van der Waals surface area contributed by atoms with Crippen molar-refractivity contribution in [2.24, 2.45) is 5.92 Å². The molecule has 17 heavy (non-hydrogen) atoms. The molecule has 2 aliphatic rings. The van der Waals surface area contributed by atoms with Gasteiger partial charge in [-0.15, -0.1) is 0 Å². The Kier molecular flexibility index (Phi) is 4.11. The van der Waals surface area contributed by atoms with Gasteiger partial charge in [-0.25, -0.2) is 0 Å². The molecule has 3 heteroatoms. The summed E-state index contributed by atoms with van der Waals surface area (Å²) < 4.78 is 11.3. The zero-order valence-electron chi connectivity index (χ0n) is 11.7. The second-order valence-corrected chi connectivity index (χ2v) is 6.30. The molecule has 0 aromatic heterocycles. The van der Waals surface area contributed by atoms with E-state index in [-0.39, 0.29) is 5.60 Å². The molecule has 3 nitrogen and oxygen atoms in total. The fourth-order valence-corrected chi connectivity index (χ4v) is 2.92. The molecule has 1 heterocycles. The molecule has 0 bridgehead atoms. The SMILES string of the molecule is COC(C)(C)CC(C)NC1CCOC1C1CC1. The molecule has 2 fully saturated rings. The average molecular weight is 241 g/mol. The maximum atomic E-state index is 5.85. The van der Waals surface area contributed by atoms with Gasteiger partial charge in [-0.05, 0) is 52.4 Å². The smallest absolute Gasteiger partial charge is 0.0757 e. The monoisotopic (exact) mass is 241 g/mol. The van der Waals surface area contributed by atoms with Crippen molar-refractivity contribution >= 4 is 0 Å². The molecule has 2 rings (SSSR count). The van der Waals surface area contributed by atoms with Crippen LogP contribution in [0.2, 0.25) is 0 Å². The molecule has 1 aliphatic heterocycles. The molecule has 1 N–H and O–H groups in total. The van der Waals surface area contributed by atoms with Gasteiger partial charge in [-0.3, -0.25) is 0 Å². The first-order valence-corrected chi connectivity index (χ1v) is 6.94. The number of rotatable bonds is 6. The molecule has 0 amide bonds. The molecule has 3 unspecified atom stereocenters. The first kappa shape index (κ1) is 13.3. The van der Waals surface area contributed by atoms with Crippen molar-refractivity contribution in [3.8, 4) is 0 Å². The summed E-state index contributed by atoms with van der Waals surface area (Å²) in [5.41, 5.74) is -0.0407. The van der Waals surface area contributed by atoms with Crippen LogP contribution in [-0.2, 0) is 9.47 Å². The van der Waals surface area contributed by atoms with Crippen LogP contribution < -0.4 is 5.32 Å². The predicted molar refractivity (Wildman–Crippen MR) is 69.2 cm³/mol. The highest BCUT2D eigenvalue weighted by molar-refractivity contribution is 4.94. The average Bonchev–Trinajstić information content (AvgIpc) is 3.00. The Morgan fingerprint density at radius 2 is 2.06 bits per heavy atom. The Hall–Kier alpha value is -0.120. The molecular weight excluding hydrogens is 214 g/mol. The largest absolute Gasteiger partial charge is 0.379 e. The molecule has 3 atom stereocenters. The predicted octanol–water partition coefficient (Wildman–Crippen LogP) is 2.35. The highest BCUT2D eigenvalue weighted by atomic mass is 16.5. The quantitative estimate of drug-likeness (QED) is 0.774. The molecule has 0 aromatic carbocycles. The Bertz CT molecular complexity index is 251. The van der Waals surface area contributed by atoms with Crippen LogP contribution in [0, 0.1) is 5.92 Å². The summed E-state index contributed by atoms with van der Waals surface area (Å²) in [6.45, 7) is 7.48. The third-order valence-electron chi connectivity index (χ3n) is 4.07. The topological polar surface area (TPSA) is 30.5 Å². The first-order chi connectivity index (χ1) is 8.02. The van der Waals surface area contributed by atoms with Crippen LogP contribution in [0.3, 0.4) is 0 Å². The Balaban J connectivity index is 1.79. The van der Waals surface area contributed by atoms with Crippen molar-refractivity contribution in [1.82, 2.24) is 5.32 Å². The van der Waals surface area contributed by atoms with Gasteiger partial charge in [-0.1, -0.05) is 0 Å². The fraction of sp³-hybridized carbons (Fsp3) is 1.00. The number of methoxy groups -OCH3 is 1. The van der Waals surface area contributed by atoms with Crippen molar-refractivity contribution in [3.63, 3.8) is 0 Å². The summed E-state index contributed by atoms with van der Waals surface area (Å²) in [7, 11) is 1.79. The Morgan fingerprint density at radius 1 is 1.35 bits per heavy atom. The second-order valence-electron chi connectivity index (χ2n) is 6.30. The minimum Gasteiger partial charge on any atom is -0.379 e. The van der Waals surface area contributed by atoms with Crippen molar-refractivity contribution in [3.05, 3.63) is 0 Å². The van der Waals surface area contributed by atoms with Gasteiger partial charge in [-0.2, -0.15) is 0 Å². The van der Waals surface area contributed by atoms with Crippen LogP contribution >= 0.6 is 0 Å². The summed E-state index contributed by atoms with van der Waals surface area (Å²) >= 11 is 0. The zero-order valence-corrected chi connectivity index (χ0v) is 11.7. The van der Waals surface area contributed by atoms with Gasteiger partial charge in [0.15, 0.2) is 0 Å². The van der Waals surface area contributed by atoms with E-state index in [1.54, 1.807) is 7.11 Å². The van der Waals surface area contributed by atoms with Crippen LogP contribution in [0.5, 0.6) is 0 Å². The summed E-state index contributed by atoms with van der Waals surface area (Å²) in [5.74, 6) is 0.831. The van der Waals surface area contributed by atoms with Gasteiger partial charge < -0.3 is 14.8 Å². The normalized spacial score (nSPS) is 31.8. The molecule has 0 aromatic rings. The van der Waals surface area contributed by atoms with Crippen LogP contribution in [-0.4, -0.2) is 37.5 Å². The molecule has 100 valence electrons. The standard InChI is InChI=1S/C14H27NO2/c1-10(9-14(2,3)16-4)15-12-7-8-17-13(12)11-5-6-11/h10-13,15H,5-9H2,1-4H3. The van der Waals surface area contributed by atoms with E-state index in [4.69, 9.17) is 9.47 Å². The number of nitrogens with one attached hydrogen (secondary N) is 1.